The molecule has 0 radical (unpaired) electrons. The number of carbonyl (C=O) groups is 3. The number of carbonyl (C=O) groups excluding carboxylic acids is 3. The van der Waals surface area contributed by atoms with Gasteiger partial charge in [0.1, 0.15) is 5.75 Å². The van der Waals surface area contributed by atoms with Gasteiger partial charge in [-0.3, -0.25) is 20.4 Å². The number of methoxy groups -OCH3 is 1. The number of hydrazine groups is 1. The third-order valence-electron chi connectivity index (χ3n) is 5.08. The molecule has 3 aromatic carbocycles. The molecule has 0 unspecified atom stereocenters. The van der Waals surface area contributed by atoms with E-state index < -0.39 is 24.4 Å². The number of fused-ring (bicyclic) bond motifs is 1. The minimum Gasteiger partial charge on any atom is -0.497 e. The predicted molar refractivity (Wildman–Crippen MR) is 131 cm³/mol. The highest BCUT2D eigenvalue weighted by molar-refractivity contribution is 6.30. The lowest BCUT2D eigenvalue weighted by Gasteiger charge is -2.11. The SMILES string of the molecule is COc1ccc(-c2cc(C(=O)OCC(=O)NNC(=O)c3ccc(Cl)cc3)c3ccccc3n2)cc1. The van der Waals surface area contributed by atoms with Crippen LogP contribution in [0, 0.1) is 0 Å². The van der Waals surface area contributed by atoms with Gasteiger partial charge in [0.2, 0.25) is 0 Å². The molecular formula is C26H20ClN3O5. The van der Waals surface area contributed by atoms with Crippen LogP contribution in [0.15, 0.2) is 78.9 Å². The minimum absolute atomic E-state index is 0.263. The van der Waals surface area contributed by atoms with Gasteiger partial charge >= 0.3 is 5.97 Å². The zero-order valence-electron chi connectivity index (χ0n) is 18.6. The van der Waals surface area contributed by atoms with Gasteiger partial charge in [0.15, 0.2) is 6.61 Å². The Morgan fingerprint density at radius 2 is 1.63 bits per heavy atom. The van der Waals surface area contributed by atoms with Crippen LogP contribution < -0.4 is 15.6 Å². The van der Waals surface area contributed by atoms with E-state index >= 15 is 0 Å². The molecule has 2 amide bonds. The molecule has 0 saturated carbocycles. The monoisotopic (exact) mass is 489 g/mol. The average molecular weight is 490 g/mol. The summed E-state index contributed by atoms with van der Waals surface area (Å²) >= 11 is 5.80. The molecule has 1 aromatic heterocycles. The fourth-order valence-corrected chi connectivity index (χ4v) is 3.42. The lowest BCUT2D eigenvalue weighted by Crippen LogP contribution is -2.43. The standard InChI is InChI=1S/C26H20ClN3O5/c1-34-19-12-8-16(9-13-19)23-14-21(20-4-2-3-5-22(20)28-23)26(33)35-15-24(31)29-30-25(32)17-6-10-18(27)11-7-17/h2-14H,15H2,1H3,(H,29,31)(H,30,32). The van der Waals surface area contributed by atoms with Gasteiger partial charge in [-0.2, -0.15) is 0 Å². The number of para-hydroxylation sites is 1. The van der Waals surface area contributed by atoms with Gasteiger partial charge in [0.25, 0.3) is 11.8 Å². The number of halogens is 1. The van der Waals surface area contributed by atoms with Crippen LogP contribution in [0.2, 0.25) is 5.02 Å². The summed E-state index contributed by atoms with van der Waals surface area (Å²) in [5.74, 6) is -1.24. The molecule has 0 atom stereocenters. The van der Waals surface area contributed by atoms with Crippen LogP contribution in [0.1, 0.15) is 20.7 Å². The summed E-state index contributed by atoms with van der Waals surface area (Å²) in [6.07, 6.45) is 0. The zero-order chi connectivity index (χ0) is 24.8. The first-order valence-corrected chi connectivity index (χ1v) is 10.9. The molecule has 0 spiro atoms. The Morgan fingerprint density at radius 1 is 0.914 bits per heavy atom. The normalized spacial score (nSPS) is 10.5. The van der Waals surface area contributed by atoms with Crippen molar-refractivity contribution in [1.82, 2.24) is 15.8 Å². The van der Waals surface area contributed by atoms with Crippen molar-refractivity contribution >= 4 is 40.3 Å². The molecule has 0 fully saturated rings. The summed E-state index contributed by atoms with van der Waals surface area (Å²) in [6, 6.07) is 22.2. The summed E-state index contributed by atoms with van der Waals surface area (Å²) in [5.41, 5.74) is 7.00. The summed E-state index contributed by atoms with van der Waals surface area (Å²) in [4.78, 5) is 41.7. The fraction of sp³-hybridized carbons (Fsp3) is 0.0769. The quantitative estimate of drug-likeness (QED) is 0.311. The number of pyridine rings is 1. The van der Waals surface area contributed by atoms with E-state index in [0.29, 0.717) is 32.9 Å². The van der Waals surface area contributed by atoms with Crippen molar-refractivity contribution in [3.05, 3.63) is 95.0 Å². The van der Waals surface area contributed by atoms with Crippen LogP contribution in [0.25, 0.3) is 22.2 Å². The van der Waals surface area contributed by atoms with Gasteiger partial charge in [-0.15, -0.1) is 0 Å². The number of ether oxygens (including phenoxy) is 2. The van der Waals surface area contributed by atoms with Gasteiger partial charge < -0.3 is 9.47 Å². The van der Waals surface area contributed by atoms with E-state index in [1.807, 2.05) is 18.2 Å². The van der Waals surface area contributed by atoms with E-state index in [4.69, 9.17) is 21.1 Å². The van der Waals surface area contributed by atoms with Crippen LogP contribution in [0.3, 0.4) is 0 Å². The topological polar surface area (TPSA) is 107 Å². The van der Waals surface area contributed by atoms with Crippen molar-refractivity contribution in [3.63, 3.8) is 0 Å². The Morgan fingerprint density at radius 3 is 2.34 bits per heavy atom. The molecule has 9 heteroatoms. The van der Waals surface area contributed by atoms with E-state index in [1.165, 1.54) is 12.1 Å². The van der Waals surface area contributed by atoms with Crippen molar-refractivity contribution in [2.45, 2.75) is 0 Å². The predicted octanol–water partition coefficient (Wildman–Crippen LogP) is 4.18. The second kappa shape index (κ2) is 10.7. The maximum atomic E-state index is 12.9. The second-order valence-electron chi connectivity index (χ2n) is 7.39. The molecule has 4 rings (SSSR count). The molecule has 0 aliphatic rings. The summed E-state index contributed by atoms with van der Waals surface area (Å²) in [7, 11) is 1.58. The molecular weight excluding hydrogens is 470 g/mol. The van der Waals surface area contributed by atoms with Gasteiger partial charge in [-0.25, -0.2) is 9.78 Å². The van der Waals surface area contributed by atoms with Gasteiger partial charge in [-0.1, -0.05) is 29.8 Å². The number of aromatic nitrogens is 1. The van der Waals surface area contributed by atoms with Crippen LogP contribution in [0.4, 0.5) is 0 Å². The molecule has 0 aliphatic carbocycles. The van der Waals surface area contributed by atoms with Crippen molar-refractivity contribution in [2.24, 2.45) is 0 Å². The third-order valence-corrected chi connectivity index (χ3v) is 5.33. The highest BCUT2D eigenvalue weighted by Gasteiger charge is 2.17. The maximum Gasteiger partial charge on any atom is 0.339 e. The Bertz CT molecular complexity index is 1390. The van der Waals surface area contributed by atoms with Crippen molar-refractivity contribution in [2.75, 3.05) is 13.7 Å². The maximum absolute atomic E-state index is 12.9. The Balaban J connectivity index is 1.45. The minimum atomic E-state index is -0.700. The summed E-state index contributed by atoms with van der Waals surface area (Å²) in [6.45, 7) is -0.589. The van der Waals surface area contributed by atoms with Gasteiger partial charge in [0.05, 0.1) is 23.9 Å². The Hall–Kier alpha value is -4.43. The third kappa shape index (κ3) is 5.74. The first-order chi connectivity index (χ1) is 16.9. The summed E-state index contributed by atoms with van der Waals surface area (Å²) in [5, 5.41) is 1.07. The van der Waals surface area contributed by atoms with Crippen molar-refractivity contribution in [3.8, 4) is 17.0 Å². The van der Waals surface area contributed by atoms with E-state index in [1.54, 1.807) is 55.6 Å². The number of esters is 1. The molecule has 0 bridgehead atoms. The molecule has 0 aliphatic heterocycles. The Kier molecular flexibility index (Phi) is 7.23. The number of rotatable bonds is 6. The van der Waals surface area contributed by atoms with E-state index in [0.717, 1.165) is 5.56 Å². The van der Waals surface area contributed by atoms with Crippen molar-refractivity contribution in [1.29, 1.82) is 0 Å². The van der Waals surface area contributed by atoms with Crippen molar-refractivity contribution < 1.29 is 23.9 Å². The van der Waals surface area contributed by atoms with Crippen LogP contribution >= 0.6 is 11.6 Å². The van der Waals surface area contributed by atoms with E-state index in [9.17, 15) is 14.4 Å². The van der Waals surface area contributed by atoms with Crippen LogP contribution in [0.5, 0.6) is 5.75 Å². The molecule has 4 aromatic rings. The zero-order valence-corrected chi connectivity index (χ0v) is 19.3. The van der Waals surface area contributed by atoms with Crippen LogP contribution in [-0.4, -0.2) is 36.5 Å². The molecule has 0 saturated heterocycles. The number of nitrogens with zero attached hydrogens (tertiary/aromatic N) is 1. The smallest absolute Gasteiger partial charge is 0.339 e. The van der Waals surface area contributed by atoms with E-state index in [-0.39, 0.29) is 5.56 Å². The first kappa shape index (κ1) is 23.7. The number of nitrogens with one attached hydrogen (secondary N) is 2. The second-order valence-corrected chi connectivity index (χ2v) is 7.82. The molecule has 2 N–H and O–H groups in total. The van der Waals surface area contributed by atoms with Gasteiger partial charge in [0, 0.05) is 21.5 Å². The largest absolute Gasteiger partial charge is 0.497 e. The molecule has 8 nitrogen and oxygen atoms in total. The number of amides is 2. The first-order valence-electron chi connectivity index (χ1n) is 10.5. The summed E-state index contributed by atoms with van der Waals surface area (Å²) < 4.78 is 10.4. The molecule has 35 heavy (non-hydrogen) atoms. The lowest BCUT2D eigenvalue weighted by molar-refractivity contribution is -0.125. The van der Waals surface area contributed by atoms with Gasteiger partial charge in [-0.05, 0) is 60.7 Å². The number of hydrogen-bond acceptors (Lipinski definition) is 6. The lowest BCUT2D eigenvalue weighted by atomic mass is 10.0. The highest BCUT2D eigenvalue weighted by atomic mass is 35.5. The highest BCUT2D eigenvalue weighted by Crippen LogP contribution is 2.26. The van der Waals surface area contributed by atoms with Crippen LogP contribution in [-0.2, 0) is 9.53 Å². The molecule has 176 valence electrons. The number of hydrogen-bond donors (Lipinski definition) is 2. The molecule has 1 heterocycles. The average Bonchev–Trinajstić information content (AvgIpc) is 2.90. The fourth-order valence-electron chi connectivity index (χ4n) is 3.30. The Labute approximate surface area is 205 Å². The number of benzene rings is 3. The van der Waals surface area contributed by atoms with E-state index in [2.05, 4.69) is 15.8 Å².